The quantitative estimate of drug-likeness (QED) is 0.294. The van der Waals surface area contributed by atoms with E-state index in [1.165, 1.54) is 13.3 Å². The maximum absolute atomic E-state index is 11.0. The van der Waals surface area contributed by atoms with Gasteiger partial charge >= 0.3 is 5.97 Å². The first kappa shape index (κ1) is 10.5. The van der Waals surface area contributed by atoms with Crippen LogP contribution in [0.1, 0.15) is 0 Å². The maximum atomic E-state index is 11.0. The number of hydrogen-bond acceptors (Lipinski definition) is 4. The van der Waals surface area contributed by atoms with Crippen molar-refractivity contribution in [3.63, 3.8) is 0 Å². The Bertz CT molecular complexity index is 332. The van der Waals surface area contributed by atoms with Crippen molar-refractivity contribution in [1.82, 2.24) is 10.2 Å². The zero-order valence-electron chi connectivity index (χ0n) is 7.61. The number of nitrogens with one attached hydrogen (secondary N) is 1. The highest BCUT2D eigenvalue weighted by atomic mass is 32.1. The minimum absolute atomic E-state index is 0.0569. The molecule has 0 saturated carbocycles. The average molecular weight is 211 g/mol. The molecule has 0 bridgehead atoms. The summed E-state index contributed by atoms with van der Waals surface area (Å²) in [7, 11) is 1.23. The molecule has 0 radical (unpaired) electrons. The summed E-state index contributed by atoms with van der Waals surface area (Å²) in [4.78, 5) is 12.7. The Hall–Kier alpha value is -1.61. The minimum Gasteiger partial charge on any atom is -0.465 e. The van der Waals surface area contributed by atoms with Crippen molar-refractivity contribution in [1.29, 1.82) is 5.26 Å². The number of nitrogens with zero attached hydrogens (tertiary/aromatic N) is 2. The van der Waals surface area contributed by atoms with Gasteiger partial charge in [-0.25, -0.2) is 4.79 Å². The molecule has 1 fully saturated rings. The Morgan fingerprint density at radius 1 is 1.86 bits per heavy atom. The molecule has 1 saturated heterocycles. The van der Waals surface area contributed by atoms with E-state index in [0.29, 0.717) is 11.7 Å². The van der Waals surface area contributed by atoms with Crippen LogP contribution in [0.3, 0.4) is 0 Å². The monoisotopic (exact) mass is 211 g/mol. The lowest BCUT2D eigenvalue weighted by atomic mass is 10.3. The Morgan fingerprint density at radius 2 is 2.57 bits per heavy atom. The van der Waals surface area contributed by atoms with E-state index >= 15 is 0 Å². The number of carbonyl (C=O) groups excluding carboxylic acids is 1. The number of methoxy groups -OCH3 is 1. The van der Waals surface area contributed by atoms with Crippen molar-refractivity contribution >= 4 is 23.3 Å². The van der Waals surface area contributed by atoms with E-state index in [1.807, 2.05) is 0 Å². The lowest BCUT2D eigenvalue weighted by Crippen LogP contribution is -2.24. The summed E-state index contributed by atoms with van der Waals surface area (Å²) in [5.74, 6) is -0.651. The van der Waals surface area contributed by atoms with Gasteiger partial charge in [0.2, 0.25) is 0 Å². The topological polar surface area (TPSA) is 65.4 Å². The fraction of sp³-hybridized carbons (Fsp3) is 0.375. The van der Waals surface area contributed by atoms with E-state index in [2.05, 4.69) is 10.1 Å². The molecule has 1 rings (SSSR count). The van der Waals surface area contributed by atoms with Gasteiger partial charge in [0.15, 0.2) is 10.7 Å². The van der Waals surface area contributed by atoms with Crippen LogP contribution in [0.5, 0.6) is 0 Å². The molecule has 0 atom stereocenters. The van der Waals surface area contributed by atoms with Crippen molar-refractivity contribution < 1.29 is 9.53 Å². The molecule has 5 nitrogen and oxygen atoms in total. The first-order valence-electron chi connectivity index (χ1n) is 3.93. The second kappa shape index (κ2) is 4.58. The Labute approximate surface area is 86.9 Å². The summed E-state index contributed by atoms with van der Waals surface area (Å²) < 4.78 is 4.43. The van der Waals surface area contributed by atoms with Crippen molar-refractivity contribution in [3.8, 4) is 6.07 Å². The molecule has 0 amide bonds. The van der Waals surface area contributed by atoms with Gasteiger partial charge in [-0.15, -0.1) is 0 Å². The molecule has 0 aromatic rings. The number of esters is 1. The number of hydrogen-bond donors (Lipinski definition) is 1. The predicted octanol–water partition coefficient (Wildman–Crippen LogP) is -0.243. The van der Waals surface area contributed by atoms with Gasteiger partial charge in [-0.05, 0) is 12.2 Å². The second-order valence-electron chi connectivity index (χ2n) is 2.57. The van der Waals surface area contributed by atoms with E-state index in [9.17, 15) is 4.79 Å². The third kappa shape index (κ3) is 2.20. The highest BCUT2D eigenvalue weighted by Crippen LogP contribution is 2.03. The van der Waals surface area contributed by atoms with Crippen LogP contribution >= 0.6 is 12.2 Å². The smallest absolute Gasteiger partial charge is 0.350 e. The van der Waals surface area contributed by atoms with Gasteiger partial charge < -0.3 is 15.0 Å². The third-order valence-electron chi connectivity index (χ3n) is 1.70. The number of rotatable bonds is 2. The number of ether oxygens (including phenoxy) is 1. The van der Waals surface area contributed by atoms with Crippen molar-refractivity contribution in [2.45, 2.75) is 0 Å². The lowest BCUT2D eigenvalue weighted by Gasteiger charge is -2.10. The van der Waals surface area contributed by atoms with Gasteiger partial charge in [0.25, 0.3) is 0 Å². The van der Waals surface area contributed by atoms with E-state index in [4.69, 9.17) is 17.5 Å². The van der Waals surface area contributed by atoms with E-state index in [0.717, 1.165) is 6.54 Å². The highest BCUT2D eigenvalue weighted by Gasteiger charge is 2.17. The molecule has 1 aliphatic heterocycles. The molecule has 0 aromatic carbocycles. The zero-order chi connectivity index (χ0) is 10.6. The Kier molecular flexibility index (Phi) is 3.42. The van der Waals surface area contributed by atoms with Crippen LogP contribution in [0.4, 0.5) is 0 Å². The number of nitriles is 1. The van der Waals surface area contributed by atoms with Gasteiger partial charge in [0.1, 0.15) is 6.07 Å². The molecular formula is C8H9N3O2S. The van der Waals surface area contributed by atoms with Crippen molar-refractivity contribution in [2.24, 2.45) is 0 Å². The minimum atomic E-state index is -0.651. The first-order chi connectivity index (χ1) is 6.69. The molecule has 0 aromatic heterocycles. The van der Waals surface area contributed by atoms with Crippen LogP contribution in [0, 0.1) is 11.3 Å². The zero-order valence-corrected chi connectivity index (χ0v) is 8.43. The van der Waals surface area contributed by atoms with E-state index in [1.54, 1.807) is 11.0 Å². The largest absolute Gasteiger partial charge is 0.465 e. The summed E-state index contributed by atoms with van der Waals surface area (Å²) in [6.07, 6.45) is 1.40. The average Bonchev–Trinajstić information content (AvgIpc) is 2.59. The summed E-state index contributed by atoms with van der Waals surface area (Å²) in [6.45, 7) is 1.37. The number of carbonyl (C=O) groups is 1. The standard InChI is InChI=1S/C8H9N3O2S/c1-13-7(12)6(4-9)5-11-3-2-10-8(11)14/h5H,2-3H2,1H3,(H,10,14)/b6-5-. The summed E-state index contributed by atoms with van der Waals surface area (Å²) in [5, 5.41) is 12.1. The van der Waals surface area contributed by atoms with Crippen molar-refractivity contribution in [2.75, 3.05) is 20.2 Å². The van der Waals surface area contributed by atoms with Gasteiger partial charge in [-0.3, -0.25) is 0 Å². The summed E-state index contributed by atoms with van der Waals surface area (Å²) in [5.41, 5.74) is -0.0569. The van der Waals surface area contributed by atoms with Gasteiger partial charge in [-0.2, -0.15) is 5.26 Å². The third-order valence-corrected chi connectivity index (χ3v) is 2.08. The van der Waals surface area contributed by atoms with Crippen LogP contribution < -0.4 is 5.32 Å². The van der Waals surface area contributed by atoms with Crippen LogP contribution in [0.25, 0.3) is 0 Å². The van der Waals surface area contributed by atoms with Crippen LogP contribution in [-0.2, 0) is 9.53 Å². The van der Waals surface area contributed by atoms with Crippen LogP contribution in [0.2, 0.25) is 0 Å². The molecule has 6 heteroatoms. The van der Waals surface area contributed by atoms with E-state index in [-0.39, 0.29) is 5.57 Å². The molecule has 1 aliphatic rings. The molecule has 0 unspecified atom stereocenters. The molecule has 0 aliphatic carbocycles. The summed E-state index contributed by atoms with van der Waals surface area (Å²) in [6, 6.07) is 1.76. The molecule has 1 N–H and O–H groups in total. The maximum Gasteiger partial charge on any atom is 0.350 e. The Balaban J connectivity index is 2.79. The fourth-order valence-corrected chi connectivity index (χ4v) is 1.25. The SMILES string of the molecule is COC(=O)/C(C#N)=C\N1CCNC1=S. The predicted molar refractivity (Wildman–Crippen MR) is 53.0 cm³/mol. The number of thiocarbonyl (C=S) groups is 1. The van der Waals surface area contributed by atoms with Crippen LogP contribution in [0.15, 0.2) is 11.8 Å². The normalized spacial score (nSPS) is 16.1. The fourth-order valence-electron chi connectivity index (χ4n) is 1.00. The molecule has 14 heavy (non-hydrogen) atoms. The lowest BCUT2D eigenvalue weighted by molar-refractivity contribution is -0.135. The van der Waals surface area contributed by atoms with Gasteiger partial charge in [-0.1, -0.05) is 0 Å². The van der Waals surface area contributed by atoms with Gasteiger partial charge in [0, 0.05) is 19.3 Å². The van der Waals surface area contributed by atoms with Crippen LogP contribution in [-0.4, -0.2) is 36.2 Å². The molecular weight excluding hydrogens is 202 g/mol. The molecule has 0 spiro atoms. The molecule has 1 heterocycles. The molecule has 74 valence electrons. The van der Waals surface area contributed by atoms with Gasteiger partial charge in [0.05, 0.1) is 7.11 Å². The summed E-state index contributed by atoms with van der Waals surface area (Å²) >= 11 is 4.94. The van der Waals surface area contributed by atoms with Crippen molar-refractivity contribution in [3.05, 3.63) is 11.8 Å². The second-order valence-corrected chi connectivity index (χ2v) is 2.96. The van der Waals surface area contributed by atoms with E-state index < -0.39 is 5.97 Å². The Morgan fingerprint density at radius 3 is 3.00 bits per heavy atom. The first-order valence-corrected chi connectivity index (χ1v) is 4.34. The highest BCUT2D eigenvalue weighted by molar-refractivity contribution is 7.80.